The van der Waals surface area contributed by atoms with Crippen LogP contribution in [0, 0.1) is 0 Å². The zero-order valence-electron chi connectivity index (χ0n) is 7.84. The van der Waals surface area contributed by atoms with Gasteiger partial charge in [0.2, 0.25) is 0 Å². The number of rotatable bonds is 2. The molecule has 0 unspecified atom stereocenters. The molecule has 76 valence electrons. The molecule has 1 aliphatic carbocycles. The Morgan fingerprint density at radius 3 is 2.50 bits per heavy atom. The molecule has 1 fully saturated rings. The van der Waals surface area contributed by atoms with E-state index in [9.17, 15) is 8.78 Å². The van der Waals surface area contributed by atoms with Gasteiger partial charge in [-0.25, -0.2) is 8.78 Å². The molecule has 1 nitrogen and oxygen atoms in total. The average molecular weight is 197 g/mol. The number of alkyl halides is 2. The minimum atomic E-state index is -2.40. The van der Waals surface area contributed by atoms with Gasteiger partial charge in [-0.15, -0.1) is 0 Å². The molecule has 0 heterocycles. The molecule has 1 aromatic carbocycles. The third-order valence-corrected chi connectivity index (χ3v) is 2.96. The molecule has 0 radical (unpaired) electrons. The van der Waals surface area contributed by atoms with Crippen molar-refractivity contribution in [2.75, 3.05) is 0 Å². The van der Waals surface area contributed by atoms with E-state index in [0.717, 1.165) is 24.8 Å². The van der Waals surface area contributed by atoms with Crippen molar-refractivity contribution in [2.24, 2.45) is 5.73 Å². The van der Waals surface area contributed by atoms with Crippen LogP contribution >= 0.6 is 0 Å². The minimum absolute atomic E-state index is 0.0687. The molecule has 0 aromatic heterocycles. The maximum atomic E-state index is 12.4. The number of halogens is 2. The lowest BCUT2D eigenvalue weighted by Crippen LogP contribution is -2.43. The summed E-state index contributed by atoms with van der Waals surface area (Å²) in [5.74, 6) is 0. The number of benzene rings is 1. The maximum absolute atomic E-state index is 12.4. The summed E-state index contributed by atoms with van der Waals surface area (Å²) in [6.07, 6.45) is 0.494. The molecule has 1 aliphatic rings. The van der Waals surface area contributed by atoms with Gasteiger partial charge < -0.3 is 5.73 Å². The van der Waals surface area contributed by atoms with Crippen LogP contribution in [0.1, 0.15) is 36.8 Å². The molecule has 1 aromatic rings. The van der Waals surface area contributed by atoms with Crippen molar-refractivity contribution in [3.63, 3.8) is 0 Å². The second-order valence-electron chi connectivity index (χ2n) is 3.94. The topological polar surface area (TPSA) is 26.0 Å². The molecule has 0 spiro atoms. The fourth-order valence-corrected chi connectivity index (χ4v) is 1.83. The van der Waals surface area contributed by atoms with Crippen LogP contribution in [0.3, 0.4) is 0 Å². The summed E-state index contributed by atoms with van der Waals surface area (Å²) in [5.41, 5.74) is 6.62. The van der Waals surface area contributed by atoms with Gasteiger partial charge in [0.25, 0.3) is 6.43 Å². The smallest absolute Gasteiger partial charge is 0.263 e. The summed E-state index contributed by atoms with van der Waals surface area (Å²) in [6.45, 7) is 0. The quantitative estimate of drug-likeness (QED) is 0.775. The summed E-state index contributed by atoms with van der Waals surface area (Å²) in [6, 6.07) is 6.47. The summed E-state index contributed by atoms with van der Waals surface area (Å²) in [7, 11) is 0. The summed E-state index contributed by atoms with van der Waals surface area (Å²) in [5, 5.41) is 0. The van der Waals surface area contributed by atoms with Crippen molar-refractivity contribution in [2.45, 2.75) is 31.2 Å². The second kappa shape index (κ2) is 3.31. The molecule has 0 atom stereocenters. The fraction of sp³-hybridized carbons (Fsp3) is 0.455. The van der Waals surface area contributed by atoms with Gasteiger partial charge in [-0.3, -0.25) is 0 Å². The first-order chi connectivity index (χ1) is 6.62. The normalized spacial score (nSPS) is 19.4. The Balaban J connectivity index is 2.30. The van der Waals surface area contributed by atoms with E-state index in [0.29, 0.717) is 0 Å². The van der Waals surface area contributed by atoms with E-state index in [1.807, 2.05) is 6.07 Å². The van der Waals surface area contributed by atoms with E-state index < -0.39 is 6.43 Å². The first-order valence-electron chi connectivity index (χ1n) is 4.79. The van der Waals surface area contributed by atoms with Gasteiger partial charge in [-0.2, -0.15) is 0 Å². The summed E-state index contributed by atoms with van der Waals surface area (Å²) in [4.78, 5) is 0. The largest absolute Gasteiger partial charge is 0.321 e. The van der Waals surface area contributed by atoms with Crippen LogP contribution in [0.2, 0.25) is 0 Å². The lowest BCUT2D eigenvalue weighted by atomic mass is 9.72. The minimum Gasteiger partial charge on any atom is -0.321 e. The standard InChI is InChI=1S/C11H13F2N/c12-10(13)8-3-1-4-9(7-8)11(14)5-2-6-11/h1,3-4,7,10H,2,5-6,14H2. The van der Waals surface area contributed by atoms with Crippen molar-refractivity contribution in [3.05, 3.63) is 35.4 Å². The lowest BCUT2D eigenvalue weighted by molar-refractivity contribution is 0.150. The van der Waals surface area contributed by atoms with E-state index in [4.69, 9.17) is 5.73 Å². The first-order valence-corrected chi connectivity index (χ1v) is 4.79. The van der Waals surface area contributed by atoms with Gasteiger partial charge in [0.05, 0.1) is 0 Å². The van der Waals surface area contributed by atoms with Crippen LogP contribution in [0.5, 0.6) is 0 Å². The fourth-order valence-electron chi connectivity index (χ4n) is 1.83. The van der Waals surface area contributed by atoms with Gasteiger partial charge in [0.1, 0.15) is 0 Å². The van der Waals surface area contributed by atoms with E-state index in [-0.39, 0.29) is 11.1 Å². The zero-order chi connectivity index (χ0) is 10.2. The Kier molecular flexibility index (Phi) is 2.27. The predicted octanol–water partition coefficient (Wildman–Crippen LogP) is 2.96. The van der Waals surface area contributed by atoms with Gasteiger partial charge in [-0.1, -0.05) is 18.2 Å². The molecular weight excluding hydrogens is 184 g/mol. The Hall–Kier alpha value is -0.960. The van der Waals surface area contributed by atoms with Crippen molar-refractivity contribution in [3.8, 4) is 0 Å². The van der Waals surface area contributed by atoms with Crippen LogP contribution < -0.4 is 5.73 Å². The van der Waals surface area contributed by atoms with Crippen LogP contribution in [-0.2, 0) is 5.54 Å². The SMILES string of the molecule is NC1(c2cccc(C(F)F)c2)CCC1. The highest BCUT2D eigenvalue weighted by Crippen LogP contribution is 2.39. The molecule has 0 saturated heterocycles. The molecule has 1 saturated carbocycles. The highest BCUT2D eigenvalue weighted by atomic mass is 19.3. The number of nitrogens with two attached hydrogens (primary N) is 1. The van der Waals surface area contributed by atoms with E-state index in [1.54, 1.807) is 6.07 Å². The number of hydrogen-bond donors (Lipinski definition) is 1. The van der Waals surface area contributed by atoms with Crippen LogP contribution in [0.25, 0.3) is 0 Å². The molecular formula is C11H13F2N. The molecule has 14 heavy (non-hydrogen) atoms. The van der Waals surface area contributed by atoms with Crippen molar-refractivity contribution in [1.82, 2.24) is 0 Å². The molecule has 2 rings (SSSR count). The highest BCUT2D eigenvalue weighted by Gasteiger charge is 2.34. The Morgan fingerprint density at radius 1 is 1.29 bits per heavy atom. The molecule has 2 N–H and O–H groups in total. The van der Waals surface area contributed by atoms with Gasteiger partial charge in [0, 0.05) is 11.1 Å². The molecule has 0 bridgehead atoms. The van der Waals surface area contributed by atoms with Crippen LogP contribution in [-0.4, -0.2) is 0 Å². The zero-order valence-corrected chi connectivity index (χ0v) is 7.84. The third kappa shape index (κ3) is 1.52. The van der Waals surface area contributed by atoms with Gasteiger partial charge in [0.15, 0.2) is 0 Å². The Labute approximate surface area is 81.9 Å². The Bertz CT molecular complexity index is 332. The van der Waals surface area contributed by atoms with Crippen LogP contribution in [0.15, 0.2) is 24.3 Å². The van der Waals surface area contributed by atoms with E-state index >= 15 is 0 Å². The van der Waals surface area contributed by atoms with E-state index in [1.165, 1.54) is 12.1 Å². The highest BCUT2D eigenvalue weighted by molar-refractivity contribution is 5.31. The Morgan fingerprint density at radius 2 is 2.00 bits per heavy atom. The van der Waals surface area contributed by atoms with Crippen LogP contribution in [0.4, 0.5) is 8.78 Å². The maximum Gasteiger partial charge on any atom is 0.263 e. The van der Waals surface area contributed by atoms with Crippen molar-refractivity contribution < 1.29 is 8.78 Å². The van der Waals surface area contributed by atoms with Crippen molar-refractivity contribution in [1.29, 1.82) is 0 Å². The molecule has 3 heteroatoms. The molecule has 0 amide bonds. The second-order valence-corrected chi connectivity index (χ2v) is 3.94. The van der Waals surface area contributed by atoms with Gasteiger partial charge in [-0.05, 0) is 30.9 Å². The summed E-state index contributed by atoms with van der Waals surface area (Å²) >= 11 is 0. The molecule has 0 aliphatic heterocycles. The monoisotopic (exact) mass is 197 g/mol. The first kappa shape index (κ1) is 9.59. The predicted molar refractivity (Wildman–Crippen MR) is 51.1 cm³/mol. The lowest BCUT2D eigenvalue weighted by Gasteiger charge is -2.38. The average Bonchev–Trinajstić information content (AvgIpc) is 2.14. The van der Waals surface area contributed by atoms with Crippen molar-refractivity contribution >= 4 is 0 Å². The summed E-state index contributed by atoms with van der Waals surface area (Å²) < 4.78 is 24.8. The van der Waals surface area contributed by atoms with Gasteiger partial charge >= 0.3 is 0 Å². The third-order valence-electron chi connectivity index (χ3n) is 2.96. The van der Waals surface area contributed by atoms with E-state index in [2.05, 4.69) is 0 Å². The number of hydrogen-bond acceptors (Lipinski definition) is 1.